The van der Waals surface area contributed by atoms with Gasteiger partial charge in [0.2, 0.25) is 41.4 Å². The molecule has 280 valence electrons. The highest BCUT2D eigenvalue weighted by Gasteiger charge is 2.29. The fourth-order valence-corrected chi connectivity index (χ4v) is 4.08. The van der Waals surface area contributed by atoms with Crippen LogP contribution in [0.15, 0.2) is 0 Å². The van der Waals surface area contributed by atoms with Crippen molar-refractivity contribution in [2.24, 2.45) is 17.2 Å². The van der Waals surface area contributed by atoms with Gasteiger partial charge in [0, 0.05) is 0 Å². The molecule has 0 radical (unpaired) electrons. The Morgan fingerprint density at radius 1 is 0.449 bits per heavy atom. The van der Waals surface area contributed by atoms with Gasteiger partial charge in [-0.25, -0.2) is 0 Å². The van der Waals surface area contributed by atoms with Crippen LogP contribution in [0.25, 0.3) is 0 Å². The molecular formula is C30H56N10O9. The third-order valence-electron chi connectivity index (χ3n) is 7.38. The number of carboxylic acid groups (broad SMARTS) is 1. The third-order valence-corrected chi connectivity index (χ3v) is 7.38. The minimum absolute atomic E-state index is 0.262. The second-order valence-electron chi connectivity index (χ2n) is 12.0. The molecule has 0 aromatic heterocycles. The molecule has 0 aliphatic rings. The van der Waals surface area contributed by atoms with Gasteiger partial charge in [-0.15, -0.1) is 0 Å². The Kier molecular flexibility index (Phi) is 21.0. The Hall–Kier alpha value is -4.36. The Bertz CT molecular complexity index is 1160. The maximum Gasteiger partial charge on any atom is 0.325 e. The van der Waals surface area contributed by atoms with E-state index in [1.165, 1.54) is 41.5 Å². The average Bonchev–Trinajstić information content (AvgIpc) is 3.03. The van der Waals surface area contributed by atoms with Crippen LogP contribution >= 0.6 is 0 Å². The molecule has 0 rings (SSSR count). The number of hydrogen-bond donors (Lipinski definition) is 11. The molecule has 0 saturated heterocycles. The van der Waals surface area contributed by atoms with Crippen LogP contribution in [0.4, 0.5) is 0 Å². The zero-order chi connectivity index (χ0) is 37.8. The highest BCUT2D eigenvalue weighted by Crippen LogP contribution is 2.05. The molecule has 19 nitrogen and oxygen atoms in total. The molecule has 8 atom stereocenters. The Labute approximate surface area is 286 Å². The van der Waals surface area contributed by atoms with E-state index in [1.54, 1.807) is 0 Å². The quantitative estimate of drug-likeness (QED) is 0.0457. The minimum atomic E-state index is -1.25. The van der Waals surface area contributed by atoms with Gasteiger partial charge in [0.05, 0.1) is 6.04 Å². The number of carboxylic acids is 1. The third kappa shape index (κ3) is 17.6. The number of carbonyl (C=O) groups excluding carboxylic acids is 7. The zero-order valence-electron chi connectivity index (χ0n) is 29.2. The molecule has 0 aliphatic heterocycles. The van der Waals surface area contributed by atoms with Crippen LogP contribution in [0, 0.1) is 0 Å². The standard InChI is InChI=1S/C30H56N10O9/c1-15(23(41)35-16(2)25(43)37-18(4)27(45)39-20(6)30(48)49)34-24(42)17(3)36-26(44)19(5)38-29(47)22(12-8-10-14-32)40-28(46)21(33)11-7-9-13-31/h15-22H,7-14,31-33H2,1-6H3,(H,34,42)(H,35,41)(H,36,44)(H,37,43)(H,38,47)(H,39,45)(H,40,46)(H,48,49)/t15-,16-,17-,18-,19-,20-,21-,22-/m0/s1. The molecule has 0 aromatic rings. The highest BCUT2D eigenvalue weighted by molar-refractivity contribution is 5.97. The first-order valence-corrected chi connectivity index (χ1v) is 16.4. The predicted molar refractivity (Wildman–Crippen MR) is 179 cm³/mol. The summed E-state index contributed by atoms with van der Waals surface area (Å²) in [5, 5.41) is 25.9. The molecule has 0 heterocycles. The Balaban J connectivity index is 5.02. The molecule has 49 heavy (non-hydrogen) atoms. The molecule has 0 unspecified atom stereocenters. The number of nitrogens with one attached hydrogen (secondary N) is 7. The number of unbranched alkanes of at least 4 members (excludes halogenated alkanes) is 2. The lowest BCUT2D eigenvalue weighted by molar-refractivity contribution is -0.141. The normalized spacial score (nSPS) is 15.8. The summed E-state index contributed by atoms with van der Waals surface area (Å²) in [4.78, 5) is 99.2. The molecule has 0 aliphatic carbocycles. The summed E-state index contributed by atoms with van der Waals surface area (Å²) in [6, 6.07) is -8.59. The molecule has 0 bridgehead atoms. The van der Waals surface area contributed by atoms with Gasteiger partial charge in [0.15, 0.2) is 0 Å². The van der Waals surface area contributed by atoms with Crippen molar-refractivity contribution >= 4 is 47.3 Å². The van der Waals surface area contributed by atoms with Gasteiger partial charge in [-0.2, -0.15) is 0 Å². The van der Waals surface area contributed by atoms with Gasteiger partial charge in [0.1, 0.15) is 42.3 Å². The fraction of sp³-hybridized carbons (Fsp3) is 0.733. The Morgan fingerprint density at radius 3 is 1.08 bits per heavy atom. The van der Waals surface area contributed by atoms with Gasteiger partial charge in [-0.1, -0.05) is 6.42 Å². The number of carbonyl (C=O) groups is 8. The maximum atomic E-state index is 13.0. The summed E-state index contributed by atoms with van der Waals surface area (Å²) < 4.78 is 0. The summed E-state index contributed by atoms with van der Waals surface area (Å²) in [7, 11) is 0. The summed E-state index contributed by atoms with van der Waals surface area (Å²) in [5.41, 5.74) is 17.0. The van der Waals surface area contributed by atoms with Crippen LogP contribution in [-0.4, -0.2) is 114 Å². The largest absolute Gasteiger partial charge is 0.480 e. The van der Waals surface area contributed by atoms with E-state index in [4.69, 9.17) is 22.3 Å². The molecule has 0 fully saturated rings. The number of nitrogens with two attached hydrogens (primary N) is 3. The molecular weight excluding hydrogens is 644 g/mol. The summed E-state index contributed by atoms with van der Waals surface area (Å²) in [5.74, 6) is -6.04. The SMILES string of the molecule is C[C@H](NC(=O)[C@H](C)NC(=O)[C@H](C)NC(=O)[C@H](C)NC(=O)[C@H](C)NC(=O)[C@H](C)NC(=O)[C@H](CCCCN)NC(=O)[C@@H](N)CCCCN)C(=O)O. The first kappa shape index (κ1) is 44.6. The van der Waals surface area contributed by atoms with Crippen LogP contribution < -0.4 is 54.4 Å². The van der Waals surface area contributed by atoms with Crippen molar-refractivity contribution in [2.75, 3.05) is 13.1 Å². The van der Waals surface area contributed by atoms with Crippen LogP contribution in [-0.2, 0) is 38.4 Å². The van der Waals surface area contributed by atoms with Crippen molar-refractivity contribution in [1.82, 2.24) is 37.2 Å². The molecule has 0 saturated carbocycles. The fourth-order valence-electron chi connectivity index (χ4n) is 4.08. The number of amides is 7. The van der Waals surface area contributed by atoms with E-state index in [-0.39, 0.29) is 6.42 Å². The minimum Gasteiger partial charge on any atom is -0.480 e. The van der Waals surface area contributed by atoms with Crippen molar-refractivity contribution in [2.45, 2.75) is 128 Å². The molecule has 0 aromatic carbocycles. The molecule has 0 spiro atoms. The van der Waals surface area contributed by atoms with Crippen LogP contribution in [0.2, 0.25) is 0 Å². The second-order valence-corrected chi connectivity index (χ2v) is 12.0. The average molecular weight is 701 g/mol. The van der Waals surface area contributed by atoms with Crippen LogP contribution in [0.1, 0.15) is 80.1 Å². The predicted octanol–water partition coefficient (Wildman–Crippen LogP) is -3.83. The molecule has 19 heteroatoms. The summed E-state index contributed by atoms with van der Waals surface area (Å²) in [6.07, 6.45) is 3.16. The van der Waals surface area contributed by atoms with Crippen molar-refractivity contribution in [3.8, 4) is 0 Å². The zero-order valence-corrected chi connectivity index (χ0v) is 29.2. The highest BCUT2D eigenvalue weighted by atomic mass is 16.4. The Morgan fingerprint density at radius 2 is 0.755 bits per heavy atom. The van der Waals surface area contributed by atoms with Crippen molar-refractivity contribution in [1.29, 1.82) is 0 Å². The van der Waals surface area contributed by atoms with Gasteiger partial charge in [-0.3, -0.25) is 38.4 Å². The molecule has 14 N–H and O–H groups in total. The topological polar surface area (TPSA) is 319 Å². The van der Waals surface area contributed by atoms with Crippen molar-refractivity contribution in [3.05, 3.63) is 0 Å². The summed E-state index contributed by atoms with van der Waals surface area (Å²) >= 11 is 0. The van der Waals surface area contributed by atoms with E-state index in [2.05, 4.69) is 37.2 Å². The van der Waals surface area contributed by atoms with Gasteiger partial charge in [-0.05, 0) is 86.7 Å². The van der Waals surface area contributed by atoms with E-state index in [9.17, 15) is 38.4 Å². The van der Waals surface area contributed by atoms with Crippen LogP contribution in [0.5, 0.6) is 0 Å². The van der Waals surface area contributed by atoms with E-state index in [1.807, 2.05) is 0 Å². The van der Waals surface area contributed by atoms with E-state index < -0.39 is 95.7 Å². The van der Waals surface area contributed by atoms with Crippen molar-refractivity contribution < 1.29 is 43.5 Å². The lowest BCUT2D eigenvalue weighted by Crippen LogP contribution is -2.58. The number of rotatable bonds is 23. The van der Waals surface area contributed by atoms with E-state index in [0.29, 0.717) is 45.2 Å². The smallest absolute Gasteiger partial charge is 0.325 e. The van der Waals surface area contributed by atoms with E-state index >= 15 is 0 Å². The van der Waals surface area contributed by atoms with Gasteiger partial charge >= 0.3 is 5.97 Å². The lowest BCUT2D eigenvalue weighted by Gasteiger charge is -2.24. The second kappa shape index (κ2) is 23.1. The monoisotopic (exact) mass is 700 g/mol. The van der Waals surface area contributed by atoms with E-state index in [0.717, 1.165) is 0 Å². The number of hydrogen-bond acceptors (Lipinski definition) is 11. The maximum absolute atomic E-state index is 13.0. The molecule has 7 amide bonds. The summed E-state index contributed by atoms with van der Waals surface area (Å²) in [6.45, 7) is 8.91. The number of aliphatic carboxylic acids is 1. The first-order valence-electron chi connectivity index (χ1n) is 16.4. The van der Waals surface area contributed by atoms with Gasteiger partial charge < -0.3 is 59.5 Å². The van der Waals surface area contributed by atoms with Crippen LogP contribution in [0.3, 0.4) is 0 Å². The lowest BCUT2D eigenvalue weighted by atomic mass is 10.1. The van der Waals surface area contributed by atoms with Gasteiger partial charge in [0.25, 0.3) is 0 Å². The first-order chi connectivity index (χ1) is 22.9. The van der Waals surface area contributed by atoms with Crippen molar-refractivity contribution in [3.63, 3.8) is 0 Å².